The van der Waals surface area contributed by atoms with E-state index in [9.17, 15) is 9.59 Å². The number of amides is 2. The van der Waals surface area contributed by atoms with Crippen LogP contribution in [0.3, 0.4) is 0 Å². The molecule has 1 N–H and O–H groups in total. The summed E-state index contributed by atoms with van der Waals surface area (Å²) in [5.41, 5.74) is 0.528. The first kappa shape index (κ1) is 16.3. The average molecular weight is 337 g/mol. The highest BCUT2D eigenvalue weighted by Crippen LogP contribution is 2.22. The van der Waals surface area contributed by atoms with Crippen molar-refractivity contribution in [1.82, 2.24) is 10.2 Å². The fraction of sp³-hybridized carbons (Fsp3) is 0.529. The zero-order chi connectivity index (χ0) is 16.2. The first-order chi connectivity index (χ1) is 11.1. The molecular weight excluding hydrogens is 316 g/mol. The summed E-state index contributed by atoms with van der Waals surface area (Å²) in [6.45, 7) is 2.50. The number of ether oxygens (including phenoxy) is 1. The van der Waals surface area contributed by atoms with E-state index in [1.165, 1.54) is 0 Å². The van der Waals surface area contributed by atoms with Crippen LogP contribution in [0.2, 0.25) is 5.02 Å². The minimum absolute atomic E-state index is 0.0223. The lowest BCUT2D eigenvalue weighted by molar-refractivity contribution is -0.127. The van der Waals surface area contributed by atoms with Crippen molar-refractivity contribution in [3.05, 3.63) is 34.9 Å². The molecule has 0 aliphatic carbocycles. The Morgan fingerprint density at radius 2 is 1.91 bits per heavy atom. The van der Waals surface area contributed by atoms with Crippen LogP contribution in [0.4, 0.5) is 0 Å². The van der Waals surface area contributed by atoms with Crippen molar-refractivity contribution < 1.29 is 14.3 Å². The molecule has 0 aromatic heterocycles. The van der Waals surface area contributed by atoms with Gasteiger partial charge in [0.2, 0.25) is 5.91 Å². The van der Waals surface area contributed by atoms with E-state index in [0.717, 1.165) is 13.0 Å². The molecule has 1 unspecified atom stereocenters. The van der Waals surface area contributed by atoms with Gasteiger partial charge in [0.25, 0.3) is 5.91 Å². The SMILES string of the molecule is O=C(NC1CCOC1)C1CCN(C(=O)c2ccccc2Cl)CC1. The molecule has 0 spiro atoms. The quantitative estimate of drug-likeness (QED) is 0.919. The molecule has 2 saturated heterocycles. The van der Waals surface area contributed by atoms with Gasteiger partial charge in [0.15, 0.2) is 0 Å². The number of carbonyl (C=O) groups is 2. The smallest absolute Gasteiger partial charge is 0.255 e. The fourth-order valence-corrected chi connectivity index (χ4v) is 3.33. The van der Waals surface area contributed by atoms with Gasteiger partial charge in [0.1, 0.15) is 0 Å². The summed E-state index contributed by atoms with van der Waals surface area (Å²) in [7, 11) is 0. The molecule has 2 heterocycles. The van der Waals surface area contributed by atoms with E-state index in [1.807, 2.05) is 12.1 Å². The summed E-state index contributed by atoms with van der Waals surface area (Å²) in [4.78, 5) is 26.5. The third-order valence-corrected chi connectivity index (χ3v) is 4.86. The van der Waals surface area contributed by atoms with Gasteiger partial charge >= 0.3 is 0 Å². The number of halogens is 1. The summed E-state index contributed by atoms with van der Waals surface area (Å²) in [5, 5.41) is 3.52. The molecule has 1 aromatic carbocycles. The molecule has 0 bridgehead atoms. The molecular formula is C17H21ClN2O3. The van der Waals surface area contributed by atoms with Gasteiger partial charge in [0.05, 0.1) is 23.2 Å². The second-order valence-electron chi connectivity index (χ2n) is 6.12. The van der Waals surface area contributed by atoms with Gasteiger partial charge in [-0.1, -0.05) is 23.7 Å². The minimum atomic E-state index is -0.0568. The Bertz CT molecular complexity index is 579. The van der Waals surface area contributed by atoms with Crippen LogP contribution in [0, 0.1) is 5.92 Å². The standard InChI is InChI=1S/C17H21ClN2O3/c18-15-4-2-1-3-14(15)17(22)20-8-5-12(6-9-20)16(21)19-13-7-10-23-11-13/h1-4,12-13H,5-11H2,(H,19,21). The highest BCUT2D eigenvalue weighted by atomic mass is 35.5. The first-order valence-corrected chi connectivity index (χ1v) is 8.45. The topological polar surface area (TPSA) is 58.6 Å². The molecule has 5 nitrogen and oxygen atoms in total. The second kappa shape index (κ2) is 7.32. The van der Waals surface area contributed by atoms with Gasteiger partial charge in [-0.2, -0.15) is 0 Å². The number of nitrogens with one attached hydrogen (secondary N) is 1. The third-order valence-electron chi connectivity index (χ3n) is 4.53. The van der Waals surface area contributed by atoms with E-state index in [0.29, 0.717) is 43.1 Å². The van der Waals surface area contributed by atoms with Gasteiger partial charge in [-0.05, 0) is 31.4 Å². The highest BCUT2D eigenvalue weighted by Gasteiger charge is 2.30. The van der Waals surface area contributed by atoms with Crippen LogP contribution in [-0.2, 0) is 9.53 Å². The lowest BCUT2D eigenvalue weighted by Gasteiger charge is -2.32. The van der Waals surface area contributed by atoms with Crippen LogP contribution >= 0.6 is 11.6 Å². The average Bonchev–Trinajstić information content (AvgIpc) is 3.08. The van der Waals surface area contributed by atoms with Crippen LogP contribution in [-0.4, -0.2) is 49.1 Å². The number of benzene rings is 1. The molecule has 0 radical (unpaired) electrons. The van der Waals surface area contributed by atoms with Gasteiger partial charge < -0.3 is 15.0 Å². The largest absolute Gasteiger partial charge is 0.379 e. The molecule has 1 atom stereocenters. The number of carbonyl (C=O) groups excluding carboxylic acids is 2. The monoisotopic (exact) mass is 336 g/mol. The van der Waals surface area contributed by atoms with Crippen LogP contribution in [0.1, 0.15) is 29.6 Å². The summed E-state index contributed by atoms with van der Waals surface area (Å²) < 4.78 is 5.27. The lowest BCUT2D eigenvalue weighted by Crippen LogP contribution is -2.45. The molecule has 1 aromatic rings. The van der Waals surface area contributed by atoms with Crippen LogP contribution < -0.4 is 5.32 Å². The maximum Gasteiger partial charge on any atom is 0.255 e. The van der Waals surface area contributed by atoms with Gasteiger partial charge in [-0.15, -0.1) is 0 Å². The molecule has 2 amide bonds. The van der Waals surface area contributed by atoms with Crippen LogP contribution in [0.25, 0.3) is 0 Å². The third kappa shape index (κ3) is 3.85. The zero-order valence-electron chi connectivity index (χ0n) is 13.0. The van der Waals surface area contributed by atoms with E-state index < -0.39 is 0 Å². The number of rotatable bonds is 3. The Kier molecular flexibility index (Phi) is 5.18. The van der Waals surface area contributed by atoms with E-state index in [1.54, 1.807) is 17.0 Å². The summed E-state index contributed by atoms with van der Waals surface area (Å²) >= 11 is 6.09. The summed E-state index contributed by atoms with van der Waals surface area (Å²) in [5.74, 6) is 0.00916. The van der Waals surface area contributed by atoms with Gasteiger partial charge in [0, 0.05) is 25.6 Å². The molecule has 6 heteroatoms. The molecule has 2 aliphatic rings. The molecule has 23 heavy (non-hydrogen) atoms. The Balaban J connectivity index is 1.52. The fourth-order valence-electron chi connectivity index (χ4n) is 3.12. The molecule has 0 saturated carbocycles. The van der Waals surface area contributed by atoms with Crippen molar-refractivity contribution in [2.45, 2.75) is 25.3 Å². The van der Waals surface area contributed by atoms with Crippen LogP contribution in [0.15, 0.2) is 24.3 Å². The van der Waals surface area contributed by atoms with E-state index >= 15 is 0 Å². The maximum atomic E-state index is 12.5. The minimum Gasteiger partial charge on any atom is -0.379 e. The number of piperidine rings is 1. The molecule has 3 rings (SSSR count). The summed E-state index contributed by atoms with van der Waals surface area (Å²) in [6, 6.07) is 7.22. The van der Waals surface area contributed by atoms with E-state index in [-0.39, 0.29) is 23.8 Å². The predicted octanol–water partition coefficient (Wildman–Crippen LogP) is 2.10. The van der Waals surface area contributed by atoms with Crippen molar-refractivity contribution in [3.63, 3.8) is 0 Å². The van der Waals surface area contributed by atoms with Crippen molar-refractivity contribution in [3.8, 4) is 0 Å². The highest BCUT2D eigenvalue weighted by molar-refractivity contribution is 6.33. The molecule has 124 valence electrons. The van der Waals surface area contributed by atoms with Crippen LogP contribution in [0.5, 0.6) is 0 Å². The normalized spacial score (nSPS) is 22.1. The van der Waals surface area contributed by atoms with E-state index in [4.69, 9.17) is 16.3 Å². The number of nitrogens with zero attached hydrogens (tertiary/aromatic N) is 1. The van der Waals surface area contributed by atoms with Gasteiger partial charge in [-0.3, -0.25) is 9.59 Å². The Hall–Kier alpha value is -1.59. The Morgan fingerprint density at radius 1 is 1.17 bits per heavy atom. The van der Waals surface area contributed by atoms with E-state index in [2.05, 4.69) is 5.32 Å². The van der Waals surface area contributed by atoms with Crippen molar-refractivity contribution in [2.75, 3.05) is 26.3 Å². The van der Waals surface area contributed by atoms with Crippen molar-refractivity contribution >= 4 is 23.4 Å². The first-order valence-electron chi connectivity index (χ1n) is 8.07. The molecule has 2 aliphatic heterocycles. The predicted molar refractivity (Wildman–Crippen MR) is 87.4 cm³/mol. The Morgan fingerprint density at radius 3 is 2.57 bits per heavy atom. The molecule has 2 fully saturated rings. The number of hydrogen-bond acceptors (Lipinski definition) is 3. The maximum absolute atomic E-state index is 12.5. The van der Waals surface area contributed by atoms with Gasteiger partial charge in [-0.25, -0.2) is 0 Å². The second-order valence-corrected chi connectivity index (χ2v) is 6.52. The Labute approximate surface area is 140 Å². The van der Waals surface area contributed by atoms with Crippen molar-refractivity contribution in [2.24, 2.45) is 5.92 Å². The lowest BCUT2D eigenvalue weighted by atomic mass is 9.95. The number of likely N-dealkylation sites (tertiary alicyclic amines) is 1. The zero-order valence-corrected chi connectivity index (χ0v) is 13.7. The number of hydrogen-bond donors (Lipinski definition) is 1. The van der Waals surface area contributed by atoms with Crippen molar-refractivity contribution in [1.29, 1.82) is 0 Å². The summed E-state index contributed by atoms with van der Waals surface area (Å²) in [6.07, 6.45) is 2.26.